The SMILES string of the molecule is Cc1sc2nc(CCC(=O)NCC(c3c(F)cccc3F)N(C)C)[nH]c(=O)c2c1C. The van der Waals surface area contributed by atoms with Crippen LogP contribution in [0.15, 0.2) is 23.0 Å². The largest absolute Gasteiger partial charge is 0.354 e. The number of aromatic nitrogens is 2. The van der Waals surface area contributed by atoms with E-state index in [0.29, 0.717) is 16.0 Å². The van der Waals surface area contributed by atoms with E-state index in [9.17, 15) is 18.4 Å². The molecule has 6 nitrogen and oxygen atoms in total. The van der Waals surface area contributed by atoms with Crippen molar-refractivity contribution in [3.8, 4) is 0 Å². The van der Waals surface area contributed by atoms with E-state index in [0.717, 1.165) is 10.4 Å². The number of aryl methyl sites for hydroxylation is 3. The molecular formula is C21H24F2N4O2S. The molecule has 0 aliphatic carbocycles. The molecule has 0 aliphatic heterocycles. The molecule has 1 aromatic carbocycles. The number of hydrogen-bond donors (Lipinski definition) is 2. The molecule has 0 saturated heterocycles. The summed E-state index contributed by atoms with van der Waals surface area (Å²) < 4.78 is 28.3. The first-order valence-corrected chi connectivity index (χ1v) is 10.4. The van der Waals surface area contributed by atoms with Gasteiger partial charge in [-0.3, -0.25) is 9.59 Å². The smallest absolute Gasteiger partial charge is 0.259 e. The summed E-state index contributed by atoms with van der Waals surface area (Å²) in [6.07, 6.45) is 0.353. The van der Waals surface area contributed by atoms with Crippen molar-refractivity contribution in [2.45, 2.75) is 32.7 Å². The molecule has 1 atom stereocenters. The van der Waals surface area contributed by atoms with Crippen LogP contribution in [0.4, 0.5) is 8.78 Å². The summed E-state index contributed by atoms with van der Waals surface area (Å²) >= 11 is 1.45. The number of aromatic amines is 1. The number of benzene rings is 1. The Bertz CT molecular complexity index is 1120. The molecule has 0 spiro atoms. The minimum absolute atomic E-state index is 0.0516. The van der Waals surface area contributed by atoms with Crippen LogP contribution in [0.5, 0.6) is 0 Å². The zero-order chi connectivity index (χ0) is 22.0. The standard InChI is InChI=1S/C21H24F2N4O2S/c1-11-12(2)30-21-18(11)20(29)25-16(26-21)8-9-17(28)24-10-15(27(3)4)19-13(22)6-5-7-14(19)23/h5-7,15H,8-10H2,1-4H3,(H,24,28)(H,25,26,29). The van der Waals surface area contributed by atoms with Crippen molar-refractivity contribution < 1.29 is 13.6 Å². The van der Waals surface area contributed by atoms with Crippen LogP contribution in [0.2, 0.25) is 0 Å². The van der Waals surface area contributed by atoms with Crippen molar-refractivity contribution in [1.82, 2.24) is 20.2 Å². The summed E-state index contributed by atoms with van der Waals surface area (Å²) in [7, 11) is 3.38. The molecule has 2 N–H and O–H groups in total. The number of likely N-dealkylation sites (N-methyl/N-ethyl adjacent to an activating group) is 1. The van der Waals surface area contributed by atoms with E-state index in [1.165, 1.54) is 29.5 Å². The van der Waals surface area contributed by atoms with Gasteiger partial charge in [0.25, 0.3) is 5.56 Å². The molecular weight excluding hydrogens is 410 g/mol. The lowest BCUT2D eigenvalue weighted by Crippen LogP contribution is -2.35. The van der Waals surface area contributed by atoms with Gasteiger partial charge in [0.1, 0.15) is 22.3 Å². The normalized spacial score (nSPS) is 12.5. The topological polar surface area (TPSA) is 78.1 Å². The third-order valence-electron chi connectivity index (χ3n) is 5.13. The van der Waals surface area contributed by atoms with Crippen molar-refractivity contribution in [3.05, 3.63) is 62.0 Å². The quantitative estimate of drug-likeness (QED) is 0.599. The van der Waals surface area contributed by atoms with E-state index in [4.69, 9.17) is 0 Å². The van der Waals surface area contributed by atoms with Crippen LogP contribution in [0.1, 0.15) is 34.3 Å². The van der Waals surface area contributed by atoms with Gasteiger partial charge in [-0.1, -0.05) is 6.07 Å². The van der Waals surface area contributed by atoms with Crippen molar-refractivity contribution in [2.75, 3.05) is 20.6 Å². The zero-order valence-corrected chi connectivity index (χ0v) is 18.1. The van der Waals surface area contributed by atoms with Gasteiger partial charge < -0.3 is 15.2 Å². The van der Waals surface area contributed by atoms with Crippen molar-refractivity contribution >= 4 is 27.5 Å². The zero-order valence-electron chi connectivity index (χ0n) is 17.3. The molecule has 0 radical (unpaired) electrons. The fourth-order valence-corrected chi connectivity index (χ4v) is 4.37. The van der Waals surface area contributed by atoms with Crippen LogP contribution in [0.25, 0.3) is 10.2 Å². The van der Waals surface area contributed by atoms with Crippen LogP contribution in [0.3, 0.4) is 0 Å². The van der Waals surface area contributed by atoms with Crippen molar-refractivity contribution in [3.63, 3.8) is 0 Å². The van der Waals surface area contributed by atoms with Crippen molar-refractivity contribution in [2.24, 2.45) is 0 Å². The molecule has 0 saturated carbocycles. The van der Waals surface area contributed by atoms with E-state index >= 15 is 0 Å². The monoisotopic (exact) mass is 434 g/mol. The molecule has 30 heavy (non-hydrogen) atoms. The number of carbonyl (C=O) groups excluding carboxylic acids is 1. The lowest BCUT2D eigenvalue weighted by Gasteiger charge is -2.25. The van der Waals surface area contributed by atoms with Crippen LogP contribution in [-0.4, -0.2) is 41.4 Å². The van der Waals surface area contributed by atoms with E-state index in [-0.39, 0.29) is 36.4 Å². The van der Waals surface area contributed by atoms with E-state index in [1.807, 2.05) is 13.8 Å². The maximum atomic E-state index is 14.1. The van der Waals surface area contributed by atoms with E-state index in [1.54, 1.807) is 19.0 Å². The average molecular weight is 435 g/mol. The van der Waals surface area contributed by atoms with Gasteiger partial charge in [-0.05, 0) is 45.6 Å². The van der Waals surface area contributed by atoms with Crippen LogP contribution in [0, 0.1) is 25.5 Å². The van der Waals surface area contributed by atoms with Gasteiger partial charge in [-0.2, -0.15) is 0 Å². The predicted octanol–water partition coefficient (Wildman–Crippen LogP) is 3.23. The van der Waals surface area contributed by atoms with Gasteiger partial charge in [-0.15, -0.1) is 11.3 Å². The van der Waals surface area contributed by atoms with Gasteiger partial charge in [0.2, 0.25) is 5.91 Å². The molecule has 0 bridgehead atoms. The van der Waals surface area contributed by atoms with Crippen molar-refractivity contribution in [1.29, 1.82) is 0 Å². The number of thiophene rings is 1. The van der Waals surface area contributed by atoms with Gasteiger partial charge >= 0.3 is 0 Å². The highest BCUT2D eigenvalue weighted by Gasteiger charge is 2.22. The van der Waals surface area contributed by atoms with E-state index in [2.05, 4.69) is 15.3 Å². The van der Waals surface area contributed by atoms with Crippen LogP contribution < -0.4 is 10.9 Å². The number of nitrogens with one attached hydrogen (secondary N) is 2. The first kappa shape index (κ1) is 22.0. The fourth-order valence-electron chi connectivity index (χ4n) is 3.32. The second-order valence-electron chi connectivity index (χ2n) is 7.39. The molecule has 2 aromatic heterocycles. The third kappa shape index (κ3) is 4.57. The molecule has 3 aromatic rings. The highest BCUT2D eigenvalue weighted by molar-refractivity contribution is 7.18. The summed E-state index contributed by atoms with van der Waals surface area (Å²) in [5.74, 6) is -1.16. The second-order valence-corrected chi connectivity index (χ2v) is 8.60. The highest BCUT2D eigenvalue weighted by Crippen LogP contribution is 2.26. The summed E-state index contributed by atoms with van der Waals surface area (Å²) in [5, 5.41) is 3.31. The maximum absolute atomic E-state index is 14.1. The number of halogens is 2. The minimum atomic E-state index is -0.653. The molecule has 160 valence electrons. The van der Waals surface area contributed by atoms with Gasteiger partial charge in [0.05, 0.1) is 11.4 Å². The Morgan fingerprint density at radius 2 is 1.93 bits per heavy atom. The lowest BCUT2D eigenvalue weighted by atomic mass is 10.0. The predicted molar refractivity (Wildman–Crippen MR) is 114 cm³/mol. The van der Waals surface area contributed by atoms with Gasteiger partial charge in [-0.25, -0.2) is 13.8 Å². The molecule has 9 heteroatoms. The Balaban J connectivity index is 1.65. The van der Waals surface area contributed by atoms with Gasteiger partial charge in [0, 0.05) is 29.8 Å². The minimum Gasteiger partial charge on any atom is -0.354 e. The first-order valence-electron chi connectivity index (χ1n) is 9.55. The highest BCUT2D eigenvalue weighted by atomic mass is 32.1. The molecule has 0 aliphatic rings. The number of amides is 1. The van der Waals surface area contributed by atoms with Crippen LogP contribution >= 0.6 is 11.3 Å². The lowest BCUT2D eigenvalue weighted by molar-refractivity contribution is -0.121. The first-order chi connectivity index (χ1) is 14.2. The summed E-state index contributed by atoms with van der Waals surface area (Å²) in [6.45, 7) is 3.88. The molecule has 1 amide bonds. The maximum Gasteiger partial charge on any atom is 0.259 e. The Morgan fingerprint density at radius 3 is 2.57 bits per heavy atom. The molecule has 2 heterocycles. The average Bonchev–Trinajstić information content (AvgIpc) is 2.96. The van der Waals surface area contributed by atoms with Gasteiger partial charge in [0.15, 0.2) is 0 Å². The summed E-state index contributed by atoms with van der Waals surface area (Å²) in [5.41, 5.74) is 0.630. The molecule has 0 fully saturated rings. The Morgan fingerprint density at radius 1 is 1.27 bits per heavy atom. The fraction of sp³-hybridized carbons (Fsp3) is 0.381. The Kier molecular flexibility index (Phi) is 6.62. The summed E-state index contributed by atoms with van der Waals surface area (Å²) in [4.78, 5) is 35.2. The number of rotatable bonds is 7. The molecule has 3 rings (SSSR count). The Labute approximate surface area is 176 Å². The van der Waals surface area contributed by atoms with E-state index < -0.39 is 17.7 Å². The molecule has 1 unspecified atom stereocenters. The summed E-state index contributed by atoms with van der Waals surface area (Å²) in [6, 6.07) is 3.05. The third-order valence-corrected chi connectivity index (χ3v) is 6.23. The number of nitrogens with zero attached hydrogens (tertiary/aromatic N) is 2. The Hall–Kier alpha value is -2.65. The van der Waals surface area contributed by atoms with Crippen LogP contribution in [-0.2, 0) is 11.2 Å². The number of carbonyl (C=O) groups is 1. The number of H-pyrrole nitrogens is 1. The number of hydrogen-bond acceptors (Lipinski definition) is 5. The number of fused-ring (bicyclic) bond motifs is 1. The second kappa shape index (κ2) is 9.01.